The van der Waals surface area contributed by atoms with Crippen LogP contribution in [-0.2, 0) is 14.3 Å². The summed E-state index contributed by atoms with van der Waals surface area (Å²) in [6.07, 6.45) is -1.27. The molecule has 8 nitrogen and oxygen atoms in total. The van der Waals surface area contributed by atoms with Crippen LogP contribution in [0.1, 0.15) is 6.92 Å². The molecule has 1 amide bonds. The molecule has 10 heteroatoms. The van der Waals surface area contributed by atoms with Crippen LogP contribution in [0.5, 0.6) is 5.75 Å². The second-order valence-electron chi connectivity index (χ2n) is 5.26. The maximum Gasteiger partial charge on any atom is 0.344 e. The first-order chi connectivity index (χ1) is 12.8. The summed E-state index contributed by atoms with van der Waals surface area (Å²) in [4.78, 5) is 33.4. The van der Waals surface area contributed by atoms with Gasteiger partial charge in [0.15, 0.2) is 24.3 Å². The Labute approximate surface area is 151 Å². The first-order valence-electron chi connectivity index (χ1n) is 7.59. The number of nitrogens with zero attached hydrogens (tertiary/aromatic N) is 1. The lowest BCUT2D eigenvalue weighted by atomic mass is 10.2. The van der Waals surface area contributed by atoms with Crippen molar-refractivity contribution in [1.82, 2.24) is 0 Å². The lowest BCUT2D eigenvalue weighted by Gasteiger charge is -2.14. The Kier molecular flexibility index (Phi) is 6.36. The molecular formula is C17H14F2N2O6. The van der Waals surface area contributed by atoms with E-state index in [2.05, 4.69) is 5.32 Å². The quantitative estimate of drug-likeness (QED) is 0.450. The lowest BCUT2D eigenvalue weighted by molar-refractivity contribution is -0.387. The van der Waals surface area contributed by atoms with Crippen molar-refractivity contribution < 1.29 is 32.8 Å². The Morgan fingerprint density at radius 2 is 1.89 bits per heavy atom. The fourth-order valence-electron chi connectivity index (χ4n) is 1.96. The molecule has 27 heavy (non-hydrogen) atoms. The Morgan fingerprint density at radius 1 is 1.19 bits per heavy atom. The van der Waals surface area contributed by atoms with Crippen LogP contribution in [0.4, 0.5) is 20.2 Å². The molecule has 0 heterocycles. The fourth-order valence-corrected chi connectivity index (χ4v) is 1.96. The van der Waals surface area contributed by atoms with Gasteiger partial charge in [0.1, 0.15) is 0 Å². The van der Waals surface area contributed by atoms with E-state index in [1.54, 1.807) is 0 Å². The molecule has 2 aromatic carbocycles. The van der Waals surface area contributed by atoms with Gasteiger partial charge in [0, 0.05) is 11.8 Å². The normalized spacial score (nSPS) is 11.4. The zero-order valence-corrected chi connectivity index (χ0v) is 14.0. The summed E-state index contributed by atoms with van der Waals surface area (Å²) in [7, 11) is 0. The molecule has 1 N–H and O–H groups in total. The molecule has 142 valence electrons. The van der Waals surface area contributed by atoms with E-state index in [-0.39, 0.29) is 11.4 Å². The van der Waals surface area contributed by atoms with E-state index in [0.29, 0.717) is 0 Å². The molecule has 0 saturated heterocycles. The zero-order valence-electron chi connectivity index (χ0n) is 14.0. The topological polar surface area (TPSA) is 108 Å². The number of carbonyl (C=O) groups excluding carboxylic acids is 2. The predicted octanol–water partition coefficient (Wildman–Crippen LogP) is 2.82. The molecule has 0 radical (unpaired) electrons. The largest absolute Gasteiger partial charge is 0.479 e. The van der Waals surface area contributed by atoms with Gasteiger partial charge in [-0.25, -0.2) is 9.18 Å². The second-order valence-corrected chi connectivity index (χ2v) is 5.26. The highest BCUT2D eigenvalue weighted by molar-refractivity contribution is 5.95. The van der Waals surface area contributed by atoms with Crippen LogP contribution in [0.3, 0.4) is 0 Å². The van der Waals surface area contributed by atoms with Gasteiger partial charge in [-0.1, -0.05) is 12.1 Å². The van der Waals surface area contributed by atoms with Gasteiger partial charge in [-0.05, 0) is 31.2 Å². The second kappa shape index (κ2) is 8.70. The Bertz CT molecular complexity index is 874. The first-order valence-corrected chi connectivity index (χ1v) is 7.59. The molecule has 0 aliphatic heterocycles. The first kappa shape index (κ1) is 19.8. The highest BCUT2D eigenvalue weighted by Gasteiger charge is 2.21. The third-order valence-electron chi connectivity index (χ3n) is 3.27. The summed E-state index contributed by atoms with van der Waals surface area (Å²) in [5, 5.41) is 13.0. The van der Waals surface area contributed by atoms with E-state index in [1.807, 2.05) is 0 Å². The van der Waals surface area contributed by atoms with E-state index in [0.717, 1.165) is 24.3 Å². The molecule has 0 bridgehead atoms. The van der Waals surface area contributed by atoms with Gasteiger partial charge in [0.25, 0.3) is 5.91 Å². The van der Waals surface area contributed by atoms with Crippen molar-refractivity contribution >= 4 is 23.3 Å². The van der Waals surface area contributed by atoms with E-state index >= 15 is 0 Å². The van der Waals surface area contributed by atoms with Crippen molar-refractivity contribution in [2.24, 2.45) is 0 Å². The Hall–Kier alpha value is -3.56. The predicted molar refractivity (Wildman–Crippen MR) is 89.1 cm³/mol. The van der Waals surface area contributed by atoms with Crippen LogP contribution in [0, 0.1) is 21.7 Å². The van der Waals surface area contributed by atoms with Crippen molar-refractivity contribution in [2.45, 2.75) is 13.0 Å². The number of halogens is 2. The molecule has 2 aromatic rings. The van der Waals surface area contributed by atoms with Crippen molar-refractivity contribution in [2.75, 3.05) is 11.9 Å². The van der Waals surface area contributed by atoms with Crippen molar-refractivity contribution in [1.29, 1.82) is 0 Å². The molecule has 0 saturated carbocycles. The molecule has 1 atom stereocenters. The number of nitro benzene ring substituents is 1. The summed E-state index contributed by atoms with van der Waals surface area (Å²) in [5.41, 5.74) is -0.852. The highest BCUT2D eigenvalue weighted by atomic mass is 19.1. The molecule has 2 rings (SSSR count). The number of carbonyl (C=O) groups is 2. The van der Waals surface area contributed by atoms with E-state index < -0.39 is 46.8 Å². The molecule has 0 aliphatic carbocycles. The number of esters is 1. The summed E-state index contributed by atoms with van der Waals surface area (Å²) in [6.45, 7) is 0.634. The van der Waals surface area contributed by atoms with E-state index in [9.17, 15) is 28.5 Å². The van der Waals surface area contributed by atoms with Crippen molar-refractivity contribution in [3.8, 4) is 5.75 Å². The number of hydrogen-bond donors (Lipinski definition) is 1. The number of nitro groups is 1. The van der Waals surface area contributed by atoms with Gasteiger partial charge in [-0.15, -0.1) is 0 Å². The third kappa shape index (κ3) is 5.46. The van der Waals surface area contributed by atoms with Crippen LogP contribution in [0.25, 0.3) is 0 Å². The molecule has 0 aromatic heterocycles. The minimum absolute atomic E-state index is 0.0430. The average molecular weight is 380 g/mol. The minimum atomic E-state index is -1.27. The standard InChI is InChI=1S/C17H14F2N2O6/c1-10(27-16(22)9-26-15-5-3-2-4-13(15)19)17(23)20-11-6-7-12(18)14(8-11)21(24)25/h2-8,10H,9H2,1H3,(H,20,23)/t10-/m1/s1. The smallest absolute Gasteiger partial charge is 0.344 e. The van der Waals surface area contributed by atoms with Crippen LogP contribution in [0.2, 0.25) is 0 Å². The molecule has 0 aliphatic rings. The lowest BCUT2D eigenvalue weighted by Crippen LogP contribution is -2.31. The monoisotopic (exact) mass is 380 g/mol. The van der Waals surface area contributed by atoms with Crippen LogP contribution in [0.15, 0.2) is 42.5 Å². The van der Waals surface area contributed by atoms with Gasteiger partial charge < -0.3 is 14.8 Å². The summed E-state index contributed by atoms with van der Waals surface area (Å²) >= 11 is 0. The van der Waals surface area contributed by atoms with E-state index in [1.165, 1.54) is 25.1 Å². The number of rotatable bonds is 7. The van der Waals surface area contributed by atoms with Gasteiger partial charge in [-0.2, -0.15) is 4.39 Å². The maximum absolute atomic E-state index is 13.4. The van der Waals surface area contributed by atoms with E-state index in [4.69, 9.17) is 9.47 Å². The van der Waals surface area contributed by atoms with Crippen molar-refractivity contribution in [3.05, 3.63) is 64.2 Å². The number of ether oxygens (including phenoxy) is 2. The maximum atomic E-state index is 13.4. The van der Waals surface area contributed by atoms with Crippen molar-refractivity contribution in [3.63, 3.8) is 0 Å². The minimum Gasteiger partial charge on any atom is -0.479 e. The van der Waals surface area contributed by atoms with Crippen LogP contribution >= 0.6 is 0 Å². The third-order valence-corrected chi connectivity index (χ3v) is 3.27. The summed E-state index contributed by atoms with van der Waals surface area (Å²) < 4.78 is 36.4. The number of para-hydroxylation sites is 1. The molecule has 0 fully saturated rings. The van der Waals surface area contributed by atoms with Gasteiger partial charge >= 0.3 is 11.7 Å². The van der Waals surface area contributed by atoms with Crippen LogP contribution < -0.4 is 10.1 Å². The average Bonchev–Trinajstić information content (AvgIpc) is 2.62. The number of amides is 1. The molecule has 0 unspecified atom stereocenters. The Balaban J connectivity index is 1.90. The number of nitrogens with one attached hydrogen (secondary N) is 1. The number of hydrogen-bond acceptors (Lipinski definition) is 6. The molecular weight excluding hydrogens is 366 g/mol. The summed E-state index contributed by atoms with van der Waals surface area (Å²) in [6, 6.07) is 8.22. The Morgan fingerprint density at radius 3 is 2.56 bits per heavy atom. The zero-order chi connectivity index (χ0) is 20.0. The highest BCUT2D eigenvalue weighted by Crippen LogP contribution is 2.22. The SMILES string of the molecule is C[C@@H](OC(=O)COc1ccccc1F)C(=O)Nc1ccc(F)c([N+](=O)[O-])c1. The van der Waals surface area contributed by atoms with Gasteiger partial charge in [0.05, 0.1) is 4.92 Å². The van der Waals surface area contributed by atoms with Gasteiger partial charge in [-0.3, -0.25) is 14.9 Å². The summed E-state index contributed by atoms with van der Waals surface area (Å²) in [5.74, 6) is -3.58. The molecule has 0 spiro atoms. The number of anilines is 1. The fraction of sp³-hybridized carbons (Fsp3) is 0.176. The van der Waals surface area contributed by atoms with Crippen LogP contribution in [-0.4, -0.2) is 29.5 Å². The number of benzene rings is 2. The van der Waals surface area contributed by atoms with Gasteiger partial charge in [0.2, 0.25) is 5.82 Å².